The Morgan fingerprint density at radius 1 is 1.42 bits per heavy atom. The number of alkyl halides is 3. The van der Waals surface area contributed by atoms with Gasteiger partial charge in [-0.1, -0.05) is 0 Å². The van der Waals surface area contributed by atoms with Crippen LogP contribution < -0.4 is 16.8 Å². The Kier molecular flexibility index (Phi) is 1.79. The first-order chi connectivity index (χ1) is 5.35. The monoisotopic (exact) mass is 179 g/mol. The Morgan fingerprint density at radius 3 is 2.33 bits per heavy atom. The Labute approximate surface area is 66.9 Å². The smallest absolute Gasteiger partial charge is 0.399 e. The third-order valence-electron chi connectivity index (χ3n) is 1.46. The molecule has 6 heteroatoms. The number of hydrogen-bond donors (Lipinski definition) is 3. The Morgan fingerprint density at radius 2 is 2.00 bits per heavy atom. The first-order valence-electron chi connectivity index (χ1n) is 3.13. The van der Waals surface area contributed by atoms with Crippen molar-refractivity contribution in [3.05, 3.63) is 24.0 Å². The van der Waals surface area contributed by atoms with Crippen molar-refractivity contribution < 1.29 is 13.2 Å². The molecule has 0 bridgehead atoms. The molecule has 0 aromatic carbocycles. The van der Waals surface area contributed by atoms with E-state index in [4.69, 9.17) is 11.5 Å². The van der Waals surface area contributed by atoms with E-state index in [1.165, 1.54) is 6.08 Å². The Hall–Kier alpha value is -1.17. The SMILES string of the molecule is NC1=CC(N)(C(F)(F)F)NC=C1. The molecule has 0 saturated carbocycles. The maximum atomic E-state index is 12.2. The molecule has 0 aromatic heterocycles. The third kappa shape index (κ3) is 1.38. The summed E-state index contributed by atoms with van der Waals surface area (Å²) in [4.78, 5) is 0. The summed E-state index contributed by atoms with van der Waals surface area (Å²) >= 11 is 0. The molecule has 1 heterocycles. The van der Waals surface area contributed by atoms with Crippen LogP contribution >= 0.6 is 0 Å². The van der Waals surface area contributed by atoms with E-state index in [-0.39, 0.29) is 5.70 Å². The van der Waals surface area contributed by atoms with E-state index in [0.29, 0.717) is 0 Å². The lowest BCUT2D eigenvalue weighted by Gasteiger charge is -2.31. The number of hydrogen-bond acceptors (Lipinski definition) is 3. The summed E-state index contributed by atoms with van der Waals surface area (Å²) < 4.78 is 36.5. The van der Waals surface area contributed by atoms with Crippen LogP contribution in [0.4, 0.5) is 13.2 Å². The molecule has 1 rings (SSSR count). The second kappa shape index (κ2) is 2.41. The highest BCUT2D eigenvalue weighted by Crippen LogP contribution is 2.29. The van der Waals surface area contributed by atoms with Crippen molar-refractivity contribution in [2.45, 2.75) is 11.8 Å². The van der Waals surface area contributed by atoms with E-state index in [2.05, 4.69) is 0 Å². The van der Waals surface area contributed by atoms with Gasteiger partial charge in [0.2, 0.25) is 5.66 Å². The highest BCUT2D eigenvalue weighted by atomic mass is 19.4. The van der Waals surface area contributed by atoms with E-state index in [1.54, 1.807) is 0 Å². The first kappa shape index (κ1) is 8.92. The van der Waals surface area contributed by atoms with Crippen LogP contribution in [0.15, 0.2) is 24.0 Å². The normalized spacial score (nSPS) is 29.5. The van der Waals surface area contributed by atoms with Gasteiger partial charge in [0.15, 0.2) is 0 Å². The molecule has 3 nitrogen and oxygen atoms in total. The number of nitrogens with two attached hydrogens (primary N) is 2. The first-order valence-corrected chi connectivity index (χ1v) is 3.13. The van der Waals surface area contributed by atoms with Gasteiger partial charge in [0.05, 0.1) is 0 Å². The average molecular weight is 179 g/mol. The molecule has 5 N–H and O–H groups in total. The van der Waals surface area contributed by atoms with Gasteiger partial charge in [-0.25, -0.2) is 0 Å². The van der Waals surface area contributed by atoms with Crippen molar-refractivity contribution in [2.75, 3.05) is 0 Å². The molecule has 12 heavy (non-hydrogen) atoms. The van der Waals surface area contributed by atoms with Crippen molar-refractivity contribution in [3.8, 4) is 0 Å². The maximum absolute atomic E-state index is 12.2. The van der Waals surface area contributed by atoms with Crippen LogP contribution in [0.5, 0.6) is 0 Å². The van der Waals surface area contributed by atoms with Gasteiger partial charge in [-0.2, -0.15) is 13.2 Å². The fraction of sp³-hybridized carbons (Fsp3) is 0.333. The fourth-order valence-corrected chi connectivity index (χ4v) is 0.792. The largest absolute Gasteiger partial charge is 0.428 e. The number of halogens is 3. The van der Waals surface area contributed by atoms with Gasteiger partial charge in [0.1, 0.15) is 0 Å². The van der Waals surface area contributed by atoms with Gasteiger partial charge < -0.3 is 11.1 Å². The minimum Gasteiger partial charge on any atom is -0.399 e. The van der Waals surface area contributed by atoms with Crippen LogP contribution in [0, 0.1) is 0 Å². The molecule has 1 aliphatic rings. The van der Waals surface area contributed by atoms with Gasteiger partial charge in [-0.05, 0) is 12.2 Å². The summed E-state index contributed by atoms with van der Waals surface area (Å²) in [5, 5.41) is 1.98. The lowest BCUT2D eigenvalue weighted by molar-refractivity contribution is -0.177. The van der Waals surface area contributed by atoms with Gasteiger partial charge >= 0.3 is 6.18 Å². The van der Waals surface area contributed by atoms with Crippen LogP contribution in [-0.4, -0.2) is 11.8 Å². The van der Waals surface area contributed by atoms with Crippen molar-refractivity contribution >= 4 is 0 Å². The molecule has 0 saturated heterocycles. The second-order valence-corrected chi connectivity index (χ2v) is 2.49. The molecule has 0 aromatic rings. The topological polar surface area (TPSA) is 64.1 Å². The zero-order valence-electron chi connectivity index (χ0n) is 6.02. The predicted octanol–water partition coefficient (Wildman–Crippen LogP) is 0.163. The van der Waals surface area contributed by atoms with E-state index in [1.807, 2.05) is 5.32 Å². The lowest BCUT2D eigenvalue weighted by Crippen LogP contribution is -2.62. The Balaban J connectivity index is 2.95. The van der Waals surface area contributed by atoms with Crippen LogP contribution in [0.25, 0.3) is 0 Å². The van der Waals surface area contributed by atoms with Crippen molar-refractivity contribution in [3.63, 3.8) is 0 Å². The van der Waals surface area contributed by atoms with E-state index in [0.717, 1.165) is 12.3 Å². The third-order valence-corrected chi connectivity index (χ3v) is 1.46. The van der Waals surface area contributed by atoms with E-state index in [9.17, 15) is 13.2 Å². The molecule has 0 fully saturated rings. The zero-order valence-corrected chi connectivity index (χ0v) is 6.02. The Bertz CT molecular complexity index is 243. The van der Waals surface area contributed by atoms with Crippen LogP contribution in [0.1, 0.15) is 0 Å². The van der Waals surface area contributed by atoms with Crippen molar-refractivity contribution in [2.24, 2.45) is 11.5 Å². The summed E-state index contributed by atoms with van der Waals surface area (Å²) in [7, 11) is 0. The fourth-order valence-electron chi connectivity index (χ4n) is 0.792. The standard InChI is InChI=1S/C6H8F3N3/c7-6(8,9)5(11)3-4(10)1-2-12-5/h1-3,12H,10-11H2. The molecule has 0 radical (unpaired) electrons. The predicted molar refractivity (Wildman–Crippen MR) is 37.5 cm³/mol. The van der Waals surface area contributed by atoms with Crippen molar-refractivity contribution in [1.29, 1.82) is 0 Å². The average Bonchev–Trinajstić information content (AvgIpc) is 1.83. The summed E-state index contributed by atoms with van der Waals surface area (Å²) in [6, 6.07) is 0. The molecule has 1 unspecified atom stereocenters. The summed E-state index contributed by atoms with van der Waals surface area (Å²) in [5.74, 6) is 0. The molecular formula is C6H8F3N3. The number of dihydropyridines is 1. The highest BCUT2D eigenvalue weighted by molar-refractivity contribution is 5.27. The maximum Gasteiger partial charge on any atom is 0.428 e. The molecule has 1 aliphatic heterocycles. The number of allylic oxidation sites excluding steroid dienone is 1. The minimum absolute atomic E-state index is 0.00595. The van der Waals surface area contributed by atoms with Gasteiger partial charge in [-0.15, -0.1) is 0 Å². The molecule has 0 amide bonds. The van der Waals surface area contributed by atoms with Crippen LogP contribution in [-0.2, 0) is 0 Å². The highest BCUT2D eigenvalue weighted by Gasteiger charge is 2.51. The quantitative estimate of drug-likeness (QED) is 0.496. The molecule has 68 valence electrons. The summed E-state index contributed by atoms with van der Waals surface area (Å²) in [5.41, 5.74) is 7.60. The molecular weight excluding hydrogens is 171 g/mol. The molecule has 0 spiro atoms. The molecule has 0 aliphatic carbocycles. The lowest BCUT2D eigenvalue weighted by atomic mass is 10.1. The van der Waals surface area contributed by atoms with E-state index < -0.39 is 11.8 Å². The second-order valence-electron chi connectivity index (χ2n) is 2.49. The summed E-state index contributed by atoms with van der Waals surface area (Å²) in [6.07, 6.45) is -1.45. The molecule has 1 atom stereocenters. The van der Waals surface area contributed by atoms with Crippen molar-refractivity contribution in [1.82, 2.24) is 5.32 Å². The minimum atomic E-state index is -4.55. The van der Waals surface area contributed by atoms with Gasteiger partial charge in [-0.3, -0.25) is 5.73 Å². The number of nitrogens with one attached hydrogen (secondary N) is 1. The van der Waals surface area contributed by atoms with Gasteiger partial charge in [0.25, 0.3) is 0 Å². The number of rotatable bonds is 0. The van der Waals surface area contributed by atoms with Gasteiger partial charge in [0, 0.05) is 11.9 Å². The summed E-state index contributed by atoms with van der Waals surface area (Å²) in [6.45, 7) is 0. The van der Waals surface area contributed by atoms with E-state index >= 15 is 0 Å². The zero-order chi connectivity index (χ0) is 9.41. The van der Waals surface area contributed by atoms with Crippen LogP contribution in [0.2, 0.25) is 0 Å². The van der Waals surface area contributed by atoms with Crippen LogP contribution in [0.3, 0.4) is 0 Å².